The van der Waals surface area contributed by atoms with Crippen molar-refractivity contribution >= 4 is 33.4 Å². The molecule has 0 unspecified atom stereocenters. The Labute approximate surface area is 107 Å². The molecule has 3 nitrogen and oxygen atoms in total. The highest BCUT2D eigenvalue weighted by molar-refractivity contribution is 9.09. The monoisotopic (exact) mass is 303 g/mol. The number of carbonyl (C=O) groups excluding carboxylic acids is 1. The summed E-state index contributed by atoms with van der Waals surface area (Å²) in [5, 5.41) is 13.6. The van der Waals surface area contributed by atoms with E-state index in [1.165, 1.54) is 12.1 Å². The van der Waals surface area contributed by atoms with Crippen molar-refractivity contribution in [1.29, 1.82) is 0 Å². The van der Waals surface area contributed by atoms with Gasteiger partial charge in [0.05, 0.1) is 11.1 Å². The minimum Gasteiger partial charge on any atom is -0.507 e. The van der Waals surface area contributed by atoms with Crippen molar-refractivity contribution in [2.24, 2.45) is 0 Å². The molecule has 86 valence electrons. The number of phenols is 1. The Kier molecular flexibility index (Phi) is 3.13. The number of hydrogen-bond donors (Lipinski definition) is 2. The van der Waals surface area contributed by atoms with Crippen molar-refractivity contribution in [1.82, 2.24) is 5.32 Å². The Balaban J connectivity index is 2.15. The molecule has 1 aliphatic rings. The van der Waals surface area contributed by atoms with E-state index >= 15 is 0 Å². The third kappa shape index (κ3) is 2.33. The minimum atomic E-state index is -0.258. The standard InChI is InChI=1S/C11H11BrClNO2/c12-6-11(3-4-11)14-10(16)8-2-1-7(13)5-9(8)15/h1-2,5,15H,3-4,6H2,(H,14,16). The van der Waals surface area contributed by atoms with Gasteiger partial charge in [-0.25, -0.2) is 0 Å². The van der Waals surface area contributed by atoms with Crippen molar-refractivity contribution < 1.29 is 9.90 Å². The largest absolute Gasteiger partial charge is 0.507 e. The second-order valence-electron chi connectivity index (χ2n) is 4.03. The van der Waals surface area contributed by atoms with Crippen LogP contribution in [0.15, 0.2) is 18.2 Å². The second-order valence-corrected chi connectivity index (χ2v) is 5.03. The molecule has 1 aromatic carbocycles. The number of benzene rings is 1. The molecular weight excluding hydrogens is 293 g/mol. The first-order valence-electron chi connectivity index (χ1n) is 4.93. The summed E-state index contributed by atoms with van der Waals surface area (Å²) in [5.41, 5.74) is 0.139. The molecule has 1 amide bonds. The van der Waals surface area contributed by atoms with Gasteiger partial charge in [0.25, 0.3) is 5.91 Å². The van der Waals surface area contributed by atoms with Crippen LogP contribution in [0.25, 0.3) is 0 Å². The number of hydrogen-bond acceptors (Lipinski definition) is 2. The van der Waals surface area contributed by atoms with Gasteiger partial charge in [-0.15, -0.1) is 0 Å². The molecule has 0 aromatic heterocycles. The highest BCUT2D eigenvalue weighted by Crippen LogP contribution is 2.37. The summed E-state index contributed by atoms with van der Waals surface area (Å²) < 4.78 is 0. The molecule has 0 radical (unpaired) electrons. The maximum atomic E-state index is 11.9. The molecule has 0 saturated heterocycles. The lowest BCUT2D eigenvalue weighted by Crippen LogP contribution is -2.38. The Morgan fingerprint density at radius 3 is 2.75 bits per heavy atom. The maximum Gasteiger partial charge on any atom is 0.255 e. The van der Waals surface area contributed by atoms with Crippen molar-refractivity contribution in [3.8, 4) is 5.75 Å². The van der Waals surface area contributed by atoms with Crippen molar-refractivity contribution in [3.05, 3.63) is 28.8 Å². The van der Waals surface area contributed by atoms with E-state index in [0.29, 0.717) is 5.02 Å². The van der Waals surface area contributed by atoms with Crippen LogP contribution >= 0.6 is 27.5 Å². The lowest BCUT2D eigenvalue weighted by molar-refractivity contribution is 0.0934. The van der Waals surface area contributed by atoms with E-state index in [0.717, 1.165) is 18.2 Å². The van der Waals surface area contributed by atoms with Crippen LogP contribution in [0.4, 0.5) is 0 Å². The van der Waals surface area contributed by atoms with E-state index in [2.05, 4.69) is 21.2 Å². The number of nitrogens with one attached hydrogen (secondary N) is 1. The van der Waals surface area contributed by atoms with Gasteiger partial charge in [0.15, 0.2) is 0 Å². The summed E-state index contributed by atoms with van der Waals surface area (Å²) >= 11 is 9.06. The number of halogens is 2. The van der Waals surface area contributed by atoms with E-state index in [1.54, 1.807) is 6.07 Å². The first kappa shape index (κ1) is 11.7. The molecule has 0 bridgehead atoms. The van der Waals surface area contributed by atoms with Crippen molar-refractivity contribution in [2.75, 3.05) is 5.33 Å². The third-order valence-electron chi connectivity index (χ3n) is 2.69. The summed E-state index contributed by atoms with van der Waals surface area (Å²) in [6.45, 7) is 0. The van der Waals surface area contributed by atoms with Crippen LogP contribution in [-0.4, -0.2) is 21.9 Å². The summed E-state index contributed by atoms with van der Waals surface area (Å²) in [5.74, 6) is -0.346. The fourth-order valence-electron chi connectivity index (χ4n) is 1.45. The van der Waals surface area contributed by atoms with Crippen LogP contribution in [0.2, 0.25) is 5.02 Å². The van der Waals surface area contributed by atoms with Gasteiger partial charge in [0.1, 0.15) is 5.75 Å². The van der Waals surface area contributed by atoms with Gasteiger partial charge in [-0.3, -0.25) is 4.79 Å². The molecule has 0 atom stereocenters. The fourth-order valence-corrected chi connectivity index (χ4v) is 2.32. The van der Waals surface area contributed by atoms with Crippen LogP contribution in [-0.2, 0) is 0 Å². The van der Waals surface area contributed by atoms with Gasteiger partial charge in [0.2, 0.25) is 0 Å². The molecule has 16 heavy (non-hydrogen) atoms. The molecule has 0 heterocycles. The van der Waals surface area contributed by atoms with E-state index in [4.69, 9.17) is 11.6 Å². The molecular formula is C11H11BrClNO2. The fraction of sp³-hybridized carbons (Fsp3) is 0.364. The van der Waals surface area contributed by atoms with Gasteiger partial charge >= 0.3 is 0 Å². The van der Waals surface area contributed by atoms with Crippen LogP contribution < -0.4 is 5.32 Å². The Bertz CT molecular complexity index is 432. The molecule has 2 rings (SSSR count). The van der Waals surface area contributed by atoms with E-state index < -0.39 is 0 Å². The number of carbonyl (C=O) groups is 1. The van der Waals surface area contributed by atoms with Crippen molar-refractivity contribution in [3.63, 3.8) is 0 Å². The number of rotatable bonds is 3. The molecule has 0 aliphatic heterocycles. The van der Waals surface area contributed by atoms with Crippen LogP contribution in [0, 0.1) is 0 Å². The topological polar surface area (TPSA) is 49.3 Å². The highest BCUT2D eigenvalue weighted by Gasteiger charge is 2.43. The lowest BCUT2D eigenvalue weighted by Gasteiger charge is -2.14. The van der Waals surface area contributed by atoms with Gasteiger partial charge in [-0.2, -0.15) is 0 Å². The number of amides is 1. The first-order valence-corrected chi connectivity index (χ1v) is 6.43. The van der Waals surface area contributed by atoms with Gasteiger partial charge < -0.3 is 10.4 Å². The van der Waals surface area contributed by atoms with Gasteiger partial charge in [0, 0.05) is 10.4 Å². The molecule has 5 heteroatoms. The zero-order valence-corrected chi connectivity index (χ0v) is 10.8. The minimum absolute atomic E-state index is 0.0876. The third-order valence-corrected chi connectivity index (χ3v) is 4.00. The molecule has 1 fully saturated rings. The summed E-state index contributed by atoms with van der Waals surface area (Å²) in [4.78, 5) is 11.9. The van der Waals surface area contributed by atoms with Gasteiger partial charge in [-0.05, 0) is 31.0 Å². The predicted molar refractivity (Wildman–Crippen MR) is 66.3 cm³/mol. The summed E-state index contributed by atoms with van der Waals surface area (Å²) in [6.07, 6.45) is 1.94. The average molecular weight is 305 g/mol. The van der Waals surface area contributed by atoms with E-state index in [1.807, 2.05) is 0 Å². The second kappa shape index (κ2) is 4.26. The van der Waals surface area contributed by atoms with Crippen LogP contribution in [0.1, 0.15) is 23.2 Å². The predicted octanol–water partition coefficient (Wildman–Crippen LogP) is 2.70. The Morgan fingerprint density at radius 1 is 1.56 bits per heavy atom. The van der Waals surface area contributed by atoms with Gasteiger partial charge in [-0.1, -0.05) is 27.5 Å². The zero-order valence-electron chi connectivity index (χ0n) is 8.46. The van der Waals surface area contributed by atoms with E-state index in [9.17, 15) is 9.90 Å². The highest BCUT2D eigenvalue weighted by atomic mass is 79.9. The zero-order chi connectivity index (χ0) is 11.8. The SMILES string of the molecule is O=C(NC1(CBr)CC1)c1ccc(Cl)cc1O. The van der Waals surface area contributed by atoms with Crippen molar-refractivity contribution in [2.45, 2.75) is 18.4 Å². The van der Waals surface area contributed by atoms with E-state index in [-0.39, 0.29) is 22.8 Å². The smallest absolute Gasteiger partial charge is 0.255 e. The maximum absolute atomic E-state index is 11.9. The lowest BCUT2D eigenvalue weighted by atomic mass is 10.1. The quantitative estimate of drug-likeness (QED) is 0.844. The average Bonchev–Trinajstić information content (AvgIpc) is 2.98. The summed E-state index contributed by atoms with van der Waals surface area (Å²) in [7, 11) is 0. The van der Waals surface area contributed by atoms with Crippen LogP contribution in [0.3, 0.4) is 0 Å². The Hall–Kier alpha value is -0.740. The number of alkyl halides is 1. The molecule has 1 aromatic rings. The molecule has 1 aliphatic carbocycles. The number of phenolic OH excluding ortho intramolecular Hbond substituents is 1. The first-order chi connectivity index (χ1) is 7.56. The molecule has 2 N–H and O–H groups in total. The Morgan fingerprint density at radius 2 is 2.25 bits per heavy atom. The summed E-state index contributed by atoms with van der Waals surface area (Å²) in [6, 6.07) is 4.48. The van der Waals surface area contributed by atoms with Crippen LogP contribution in [0.5, 0.6) is 5.75 Å². The molecule has 1 saturated carbocycles. The number of aromatic hydroxyl groups is 1. The molecule has 0 spiro atoms. The normalized spacial score (nSPS) is 16.9.